The van der Waals surface area contributed by atoms with Gasteiger partial charge in [0.1, 0.15) is 5.58 Å². The summed E-state index contributed by atoms with van der Waals surface area (Å²) in [6.07, 6.45) is 3.85. The highest BCUT2D eigenvalue weighted by Gasteiger charge is 2.34. The molecule has 2 aromatic rings. The first-order valence-electron chi connectivity index (χ1n) is 7.19. The molecule has 1 aromatic heterocycles. The van der Waals surface area contributed by atoms with Gasteiger partial charge in [-0.15, -0.1) is 0 Å². The molecule has 3 rings (SSSR count). The number of hydrogen-bond donors (Lipinski definition) is 2. The van der Waals surface area contributed by atoms with Crippen LogP contribution in [0.2, 0.25) is 0 Å². The van der Waals surface area contributed by atoms with Gasteiger partial charge >= 0.3 is 0 Å². The van der Waals surface area contributed by atoms with Gasteiger partial charge in [0, 0.05) is 12.6 Å². The molecular weight excluding hydrogens is 268 g/mol. The normalized spacial score (nSPS) is 17.0. The lowest BCUT2D eigenvalue weighted by atomic mass is 9.97. The summed E-state index contributed by atoms with van der Waals surface area (Å²) in [4.78, 5) is 24.4. The maximum atomic E-state index is 12.4. The molecule has 0 atom stereocenters. The van der Waals surface area contributed by atoms with E-state index in [1.54, 1.807) is 24.3 Å². The first-order chi connectivity index (χ1) is 10.1. The third-order valence-corrected chi connectivity index (χ3v) is 4.19. The summed E-state index contributed by atoms with van der Waals surface area (Å²) >= 11 is 0. The molecule has 5 heteroatoms. The molecule has 1 amide bonds. The molecule has 21 heavy (non-hydrogen) atoms. The highest BCUT2D eigenvalue weighted by Crippen LogP contribution is 2.29. The van der Waals surface area contributed by atoms with Crippen molar-refractivity contribution >= 4 is 16.9 Å². The van der Waals surface area contributed by atoms with E-state index >= 15 is 0 Å². The van der Waals surface area contributed by atoms with E-state index in [9.17, 15) is 9.59 Å². The van der Waals surface area contributed by atoms with Crippen molar-refractivity contribution in [2.24, 2.45) is 5.73 Å². The van der Waals surface area contributed by atoms with Crippen LogP contribution in [0, 0.1) is 0 Å². The standard InChI is InChI=1S/C16H18N2O3/c17-10-16(7-3-4-8-16)18-15(20)14-9-12(19)11-5-1-2-6-13(11)21-14/h1-2,5-6,9H,3-4,7-8,10,17H2,(H,18,20). The SMILES string of the molecule is NCC1(NC(=O)c2cc(=O)c3ccccc3o2)CCCC1. The Kier molecular flexibility index (Phi) is 3.51. The first kappa shape index (κ1) is 13.8. The van der Waals surface area contributed by atoms with Gasteiger partial charge < -0.3 is 15.5 Å². The molecule has 5 nitrogen and oxygen atoms in total. The molecule has 1 saturated carbocycles. The Morgan fingerprint density at radius 3 is 2.71 bits per heavy atom. The van der Waals surface area contributed by atoms with Crippen LogP contribution in [0.4, 0.5) is 0 Å². The predicted molar refractivity (Wildman–Crippen MR) is 80.2 cm³/mol. The molecule has 0 spiro atoms. The van der Waals surface area contributed by atoms with Crippen LogP contribution in [-0.2, 0) is 0 Å². The summed E-state index contributed by atoms with van der Waals surface area (Å²) in [6.45, 7) is 0.399. The van der Waals surface area contributed by atoms with Crippen molar-refractivity contribution in [3.63, 3.8) is 0 Å². The van der Waals surface area contributed by atoms with E-state index in [-0.39, 0.29) is 22.6 Å². The molecule has 0 bridgehead atoms. The number of nitrogens with one attached hydrogen (secondary N) is 1. The Hall–Kier alpha value is -2.14. The van der Waals surface area contributed by atoms with Crippen LogP contribution in [-0.4, -0.2) is 18.0 Å². The van der Waals surface area contributed by atoms with Crippen LogP contribution >= 0.6 is 0 Å². The monoisotopic (exact) mass is 286 g/mol. The van der Waals surface area contributed by atoms with E-state index in [1.165, 1.54) is 6.07 Å². The van der Waals surface area contributed by atoms with Gasteiger partial charge in [-0.25, -0.2) is 0 Å². The maximum absolute atomic E-state index is 12.4. The smallest absolute Gasteiger partial charge is 0.287 e. The number of carbonyl (C=O) groups excluding carboxylic acids is 1. The zero-order valence-corrected chi connectivity index (χ0v) is 11.7. The van der Waals surface area contributed by atoms with E-state index in [0.29, 0.717) is 17.5 Å². The fourth-order valence-corrected chi connectivity index (χ4v) is 2.95. The first-order valence-corrected chi connectivity index (χ1v) is 7.19. The second kappa shape index (κ2) is 5.33. The predicted octanol–water partition coefficient (Wildman–Crippen LogP) is 1.79. The zero-order valence-electron chi connectivity index (χ0n) is 11.7. The topological polar surface area (TPSA) is 85.3 Å². The van der Waals surface area contributed by atoms with Gasteiger partial charge in [0.05, 0.1) is 10.9 Å². The number of nitrogens with two attached hydrogens (primary N) is 1. The Morgan fingerprint density at radius 1 is 1.29 bits per heavy atom. The lowest BCUT2D eigenvalue weighted by Crippen LogP contribution is -2.51. The summed E-state index contributed by atoms with van der Waals surface area (Å²) in [6, 6.07) is 8.14. The van der Waals surface area contributed by atoms with Crippen LogP contribution in [0.3, 0.4) is 0 Å². The molecule has 3 N–H and O–H groups in total. The van der Waals surface area contributed by atoms with Gasteiger partial charge in [0.25, 0.3) is 5.91 Å². The van der Waals surface area contributed by atoms with Crippen molar-refractivity contribution in [2.45, 2.75) is 31.2 Å². The fraction of sp³-hybridized carbons (Fsp3) is 0.375. The van der Waals surface area contributed by atoms with Gasteiger partial charge in [-0.05, 0) is 25.0 Å². The van der Waals surface area contributed by atoms with Gasteiger partial charge in [0.15, 0.2) is 11.2 Å². The number of benzene rings is 1. The Balaban J connectivity index is 1.93. The summed E-state index contributed by atoms with van der Waals surface area (Å²) in [5.41, 5.74) is 5.66. The van der Waals surface area contributed by atoms with E-state index in [2.05, 4.69) is 5.32 Å². The number of para-hydroxylation sites is 1. The zero-order chi connectivity index (χ0) is 14.9. The van der Waals surface area contributed by atoms with Crippen LogP contribution in [0.1, 0.15) is 36.2 Å². The average Bonchev–Trinajstić information content (AvgIpc) is 2.96. The second-order valence-corrected chi connectivity index (χ2v) is 5.62. The van der Waals surface area contributed by atoms with E-state index in [1.807, 2.05) is 0 Å². The van der Waals surface area contributed by atoms with E-state index < -0.39 is 0 Å². The fourth-order valence-electron chi connectivity index (χ4n) is 2.95. The molecule has 0 radical (unpaired) electrons. The number of rotatable bonds is 3. The lowest BCUT2D eigenvalue weighted by Gasteiger charge is -2.28. The third kappa shape index (κ3) is 2.56. The van der Waals surface area contributed by atoms with Crippen molar-refractivity contribution in [3.8, 4) is 0 Å². The molecule has 0 aliphatic heterocycles. The summed E-state index contributed by atoms with van der Waals surface area (Å²) in [5, 5.41) is 3.43. The average molecular weight is 286 g/mol. The molecule has 110 valence electrons. The summed E-state index contributed by atoms with van der Waals surface area (Å²) in [5.74, 6) is -0.330. The number of carbonyl (C=O) groups is 1. The summed E-state index contributed by atoms with van der Waals surface area (Å²) in [7, 11) is 0. The van der Waals surface area contributed by atoms with Crippen molar-refractivity contribution in [1.29, 1.82) is 0 Å². The van der Waals surface area contributed by atoms with Crippen molar-refractivity contribution in [3.05, 3.63) is 46.3 Å². The number of hydrogen-bond acceptors (Lipinski definition) is 4. The third-order valence-electron chi connectivity index (χ3n) is 4.19. The van der Waals surface area contributed by atoms with Crippen molar-refractivity contribution in [2.75, 3.05) is 6.54 Å². The molecule has 1 aliphatic rings. The summed E-state index contributed by atoms with van der Waals surface area (Å²) < 4.78 is 5.55. The number of fused-ring (bicyclic) bond motifs is 1. The minimum atomic E-state index is -0.370. The Morgan fingerprint density at radius 2 is 2.00 bits per heavy atom. The highest BCUT2D eigenvalue weighted by molar-refractivity contribution is 5.93. The molecular formula is C16H18N2O3. The van der Waals surface area contributed by atoms with Gasteiger partial charge in [-0.1, -0.05) is 25.0 Å². The van der Waals surface area contributed by atoms with Crippen LogP contribution in [0.5, 0.6) is 0 Å². The van der Waals surface area contributed by atoms with Crippen LogP contribution < -0.4 is 16.5 Å². The molecule has 1 fully saturated rings. The molecule has 0 saturated heterocycles. The molecule has 0 unspecified atom stereocenters. The van der Waals surface area contributed by atoms with E-state index in [4.69, 9.17) is 10.2 Å². The van der Waals surface area contributed by atoms with Crippen molar-refractivity contribution in [1.82, 2.24) is 5.32 Å². The molecule has 1 aromatic carbocycles. The number of amides is 1. The van der Waals surface area contributed by atoms with Gasteiger partial charge in [-0.3, -0.25) is 9.59 Å². The van der Waals surface area contributed by atoms with Crippen LogP contribution in [0.25, 0.3) is 11.0 Å². The Bertz CT molecular complexity index is 730. The van der Waals surface area contributed by atoms with Crippen LogP contribution in [0.15, 0.2) is 39.5 Å². The maximum Gasteiger partial charge on any atom is 0.287 e. The van der Waals surface area contributed by atoms with Crippen molar-refractivity contribution < 1.29 is 9.21 Å². The largest absolute Gasteiger partial charge is 0.451 e. The second-order valence-electron chi connectivity index (χ2n) is 5.62. The highest BCUT2D eigenvalue weighted by atomic mass is 16.3. The Labute approximate surface area is 122 Å². The minimum absolute atomic E-state index is 0.0402. The lowest BCUT2D eigenvalue weighted by molar-refractivity contribution is 0.0875. The molecule has 1 heterocycles. The van der Waals surface area contributed by atoms with E-state index in [0.717, 1.165) is 25.7 Å². The van der Waals surface area contributed by atoms with Gasteiger partial charge in [-0.2, -0.15) is 0 Å². The molecule has 1 aliphatic carbocycles. The quantitative estimate of drug-likeness (QED) is 0.901. The van der Waals surface area contributed by atoms with Gasteiger partial charge in [0.2, 0.25) is 0 Å². The minimum Gasteiger partial charge on any atom is -0.451 e.